The molecule has 2 heteroatoms. The first-order valence-electron chi connectivity index (χ1n) is 9.24. The fourth-order valence-electron chi connectivity index (χ4n) is 3.30. The summed E-state index contributed by atoms with van der Waals surface area (Å²) in [5.74, 6) is 0. The second-order valence-electron chi connectivity index (χ2n) is 7.07. The molecule has 25 heavy (non-hydrogen) atoms. The highest BCUT2D eigenvalue weighted by molar-refractivity contribution is 5.97. The van der Waals surface area contributed by atoms with Crippen LogP contribution in [-0.2, 0) is 0 Å². The first-order valence-corrected chi connectivity index (χ1v) is 9.24. The van der Waals surface area contributed by atoms with Crippen molar-refractivity contribution in [2.45, 2.75) is 26.2 Å². The highest BCUT2D eigenvalue weighted by atomic mass is 15.0. The second-order valence-corrected chi connectivity index (χ2v) is 7.07. The first kappa shape index (κ1) is 17.6. The molecule has 1 aliphatic rings. The minimum atomic E-state index is 0.909. The quantitative estimate of drug-likeness (QED) is 0.494. The monoisotopic (exact) mass is 332 g/mol. The van der Waals surface area contributed by atoms with Crippen molar-refractivity contribution in [3.8, 4) is 0 Å². The maximum absolute atomic E-state index is 4.66. The van der Waals surface area contributed by atoms with Crippen molar-refractivity contribution in [2.75, 3.05) is 27.2 Å². The van der Waals surface area contributed by atoms with E-state index in [9.17, 15) is 0 Å². The smallest absolute Gasteiger partial charge is 0.0389 e. The van der Waals surface area contributed by atoms with Crippen molar-refractivity contribution >= 4 is 22.6 Å². The number of unbranched alkanes of at least 4 members (excludes halogenated alkanes) is 1. The lowest BCUT2D eigenvalue weighted by atomic mass is 9.95. The van der Waals surface area contributed by atoms with E-state index in [0.717, 1.165) is 25.9 Å². The standard InChI is InChI=1S/C23H28N2/c1-4-5-12-24-16-22-14-19-8-6-7-9-20(19)15-23(22)21-11-10-18(13-21)17-25(2)3/h6-10,13-16H,4-5,11-12,17H2,1-3H3. The minimum Gasteiger partial charge on any atom is -0.305 e. The lowest BCUT2D eigenvalue weighted by Crippen LogP contribution is -2.13. The van der Waals surface area contributed by atoms with E-state index in [0.29, 0.717) is 0 Å². The van der Waals surface area contributed by atoms with Gasteiger partial charge in [-0.05, 0) is 66.6 Å². The molecular formula is C23H28N2. The fourth-order valence-corrected chi connectivity index (χ4v) is 3.30. The van der Waals surface area contributed by atoms with Crippen LogP contribution in [0, 0.1) is 0 Å². The Hall–Kier alpha value is -2.19. The molecule has 3 rings (SSSR count). The van der Waals surface area contributed by atoms with E-state index in [1.165, 1.54) is 39.5 Å². The Labute approximate surface area is 151 Å². The van der Waals surface area contributed by atoms with Gasteiger partial charge in [-0.15, -0.1) is 0 Å². The number of nitrogens with zero attached hydrogens (tertiary/aromatic N) is 2. The van der Waals surface area contributed by atoms with Crippen LogP contribution in [0.5, 0.6) is 0 Å². The van der Waals surface area contributed by atoms with Gasteiger partial charge in [0.1, 0.15) is 0 Å². The molecule has 2 aromatic carbocycles. The van der Waals surface area contributed by atoms with Gasteiger partial charge in [0.05, 0.1) is 0 Å². The van der Waals surface area contributed by atoms with Gasteiger partial charge < -0.3 is 4.90 Å². The zero-order chi connectivity index (χ0) is 17.6. The Kier molecular flexibility index (Phi) is 5.83. The molecule has 0 spiro atoms. The van der Waals surface area contributed by atoms with Crippen LogP contribution in [0.25, 0.3) is 16.3 Å². The van der Waals surface area contributed by atoms with Gasteiger partial charge in [-0.3, -0.25) is 4.99 Å². The topological polar surface area (TPSA) is 15.6 Å². The molecular weight excluding hydrogens is 304 g/mol. The van der Waals surface area contributed by atoms with E-state index in [2.05, 4.69) is 85.7 Å². The number of hydrogen-bond donors (Lipinski definition) is 0. The average molecular weight is 332 g/mol. The molecule has 0 bridgehead atoms. The van der Waals surface area contributed by atoms with Gasteiger partial charge in [0.25, 0.3) is 0 Å². The van der Waals surface area contributed by atoms with Gasteiger partial charge in [-0.25, -0.2) is 0 Å². The maximum Gasteiger partial charge on any atom is 0.0389 e. The average Bonchev–Trinajstić information content (AvgIpc) is 3.05. The van der Waals surface area contributed by atoms with E-state index in [-0.39, 0.29) is 0 Å². The molecule has 0 radical (unpaired) electrons. The summed E-state index contributed by atoms with van der Waals surface area (Å²) in [5, 5.41) is 2.58. The molecule has 0 amide bonds. The first-order chi connectivity index (χ1) is 12.2. The zero-order valence-corrected chi connectivity index (χ0v) is 15.6. The van der Waals surface area contributed by atoms with Crippen LogP contribution in [-0.4, -0.2) is 38.3 Å². The summed E-state index contributed by atoms with van der Waals surface area (Å²) in [5.41, 5.74) is 5.37. The molecule has 0 aromatic heterocycles. The number of benzene rings is 2. The molecule has 0 saturated heterocycles. The van der Waals surface area contributed by atoms with E-state index in [1.807, 2.05) is 0 Å². The fraction of sp³-hybridized carbons (Fsp3) is 0.348. The van der Waals surface area contributed by atoms with Crippen LogP contribution in [0.2, 0.25) is 0 Å². The molecule has 0 N–H and O–H groups in total. The molecule has 2 aromatic rings. The van der Waals surface area contributed by atoms with E-state index < -0.39 is 0 Å². The minimum absolute atomic E-state index is 0.909. The van der Waals surface area contributed by atoms with Crippen molar-refractivity contribution in [1.82, 2.24) is 4.90 Å². The lowest BCUT2D eigenvalue weighted by Gasteiger charge is -2.11. The largest absolute Gasteiger partial charge is 0.305 e. The third-order valence-electron chi connectivity index (χ3n) is 4.58. The van der Waals surface area contributed by atoms with Gasteiger partial charge in [0.15, 0.2) is 0 Å². The van der Waals surface area contributed by atoms with Gasteiger partial charge in [0.2, 0.25) is 0 Å². The molecule has 0 atom stereocenters. The second kappa shape index (κ2) is 8.26. The highest BCUT2D eigenvalue weighted by Crippen LogP contribution is 2.32. The number of allylic oxidation sites excluding steroid dienone is 2. The van der Waals surface area contributed by atoms with Gasteiger partial charge in [0, 0.05) is 24.9 Å². The Balaban J connectivity index is 1.96. The highest BCUT2D eigenvalue weighted by Gasteiger charge is 2.13. The normalized spacial score (nSPS) is 14.6. The summed E-state index contributed by atoms with van der Waals surface area (Å²) < 4.78 is 0. The lowest BCUT2D eigenvalue weighted by molar-refractivity contribution is 0.449. The number of rotatable bonds is 7. The third kappa shape index (κ3) is 4.46. The number of fused-ring (bicyclic) bond motifs is 1. The van der Waals surface area contributed by atoms with Crippen molar-refractivity contribution < 1.29 is 0 Å². The summed E-state index contributed by atoms with van der Waals surface area (Å²) in [7, 11) is 4.24. The van der Waals surface area contributed by atoms with Crippen molar-refractivity contribution in [3.63, 3.8) is 0 Å². The molecule has 1 aliphatic carbocycles. The molecule has 130 valence electrons. The SMILES string of the molecule is CCCCN=Cc1cc2ccccc2cc1C1=CC(CN(C)C)=CC1. The Morgan fingerprint density at radius 2 is 1.88 bits per heavy atom. The Morgan fingerprint density at radius 1 is 1.12 bits per heavy atom. The van der Waals surface area contributed by atoms with Crippen molar-refractivity contribution in [1.29, 1.82) is 0 Å². The number of likely N-dealkylation sites (N-methyl/N-ethyl adjacent to an activating group) is 1. The van der Waals surface area contributed by atoms with E-state index in [4.69, 9.17) is 0 Å². The summed E-state index contributed by atoms with van der Waals surface area (Å²) in [6, 6.07) is 13.2. The predicted octanol–water partition coefficient (Wildman–Crippen LogP) is 5.33. The van der Waals surface area contributed by atoms with Crippen LogP contribution in [0.3, 0.4) is 0 Å². The van der Waals surface area contributed by atoms with Gasteiger partial charge in [-0.1, -0.05) is 49.8 Å². The molecule has 0 aliphatic heterocycles. The van der Waals surface area contributed by atoms with Gasteiger partial charge in [-0.2, -0.15) is 0 Å². The summed E-state index contributed by atoms with van der Waals surface area (Å²) in [6.07, 6.45) is 10.1. The van der Waals surface area contributed by atoms with E-state index in [1.54, 1.807) is 0 Å². The molecule has 0 heterocycles. The summed E-state index contributed by atoms with van der Waals surface area (Å²) >= 11 is 0. The predicted molar refractivity (Wildman–Crippen MR) is 111 cm³/mol. The number of hydrogen-bond acceptors (Lipinski definition) is 2. The van der Waals surface area contributed by atoms with Crippen LogP contribution in [0.1, 0.15) is 37.3 Å². The Bertz CT molecular complexity index is 825. The Morgan fingerprint density at radius 3 is 2.60 bits per heavy atom. The maximum atomic E-state index is 4.66. The summed E-state index contributed by atoms with van der Waals surface area (Å²) in [6.45, 7) is 4.11. The molecule has 0 fully saturated rings. The van der Waals surface area contributed by atoms with Gasteiger partial charge >= 0.3 is 0 Å². The third-order valence-corrected chi connectivity index (χ3v) is 4.58. The summed E-state index contributed by atoms with van der Waals surface area (Å²) in [4.78, 5) is 6.88. The van der Waals surface area contributed by atoms with Crippen molar-refractivity contribution in [2.24, 2.45) is 4.99 Å². The number of aliphatic imine (C=N–C) groups is 1. The molecule has 2 nitrogen and oxygen atoms in total. The van der Waals surface area contributed by atoms with Crippen LogP contribution >= 0.6 is 0 Å². The van der Waals surface area contributed by atoms with E-state index >= 15 is 0 Å². The zero-order valence-electron chi connectivity index (χ0n) is 15.6. The molecule has 0 saturated carbocycles. The van der Waals surface area contributed by atoms with Crippen LogP contribution in [0.4, 0.5) is 0 Å². The van der Waals surface area contributed by atoms with Crippen molar-refractivity contribution in [3.05, 3.63) is 65.3 Å². The van der Waals surface area contributed by atoms with Crippen LogP contribution < -0.4 is 0 Å². The van der Waals surface area contributed by atoms with Crippen LogP contribution in [0.15, 0.2) is 59.1 Å². The molecule has 0 unspecified atom stereocenters.